The summed E-state index contributed by atoms with van der Waals surface area (Å²) < 4.78 is 5.12. The molecule has 2 atom stereocenters. The largest absolute Gasteiger partial charge is 0.380 e. The average molecular weight is 214 g/mol. The maximum Gasteiger partial charge on any atom is 0.239 e. The lowest BCUT2D eigenvalue weighted by molar-refractivity contribution is -0.132. The van der Waals surface area contributed by atoms with Crippen LogP contribution in [0.1, 0.15) is 26.7 Å². The molecule has 4 heteroatoms. The number of ether oxygens (including phenoxy) is 1. The van der Waals surface area contributed by atoms with Crippen molar-refractivity contribution in [2.75, 3.05) is 26.7 Å². The number of nitrogens with zero attached hydrogens (tertiary/aromatic N) is 1. The Labute approximate surface area is 92.0 Å². The molecule has 0 aromatic rings. The molecule has 1 amide bonds. The number of carbonyl (C=O) groups is 1. The second-order valence-corrected chi connectivity index (χ2v) is 4.21. The fourth-order valence-corrected chi connectivity index (χ4v) is 1.72. The first-order valence-electron chi connectivity index (χ1n) is 5.70. The van der Waals surface area contributed by atoms with Crippen LogP contribution in [0.25, 0.3) is 0 Å². The van der Waals surface area contributed by atoms with Gasteiger partial charge < -0.3 is 15.0 Å². The molecule has 1 fully saturated rings. The molecule has 2 unspecified atom stereocenters. The first-order valence-corrected chi connectivity index (χ1v) is 5.70. The highest BCUT2D eigenvalue weighted by Gasteiger charge is 2.22. The van der Waals surface area contributed by atoms with Crippen LogP contribution in [0.3, 0.4) is 0 Å². The van der Waals surface area contributed by atoms with Gasteiger partial charge in [-0.25, -0.2) is 0 Å². The van der Waals surface area contributed by atoms with Gasteiger partial charge in [-0.05, 0) is 26.7 Å². The predicted octanol–water partition coefficient (Wildman–Crippen LogP) is 0.622. The Balaban J connectivity index is 2.26. The predicted molar refractivity (Wildman–Crippen MR) is 59.7 cm³/mol. The lowest BCUT2D eigenvalue weighted by Gasteiger charge is -2.22. The van der Waals surface area contributed by atoms with Gasteiger partial charge in [-0.2, -0.15) is 0 Å². The molecule has 0 aliphatic carbocycles. The molecule has 1 aliphatic heterocycles. The number of likely N-dealkylation sites (tertiary alicyclic amines) is 1. The van der Waals surface area contributed by atoms with Gasteiger partial charge in [0.1, 0.15) is 0 Å². The number of amides is 1. The van der Waals surface area contributed by atoms with E-state index in [1.807, 2.05) is 18.7 Å². The smallest absolute Gasteiger partial charge is 0.239 e. The highest BCUT2D eigenvalue weighted by Crippen LogP contribution is 2.08. The summed E-state index contributed by atoms with van der Waals surface area (Å²) in [4.78, 5) is 13.8. The Hall–Kier alpha value is -0.610. The quantitative estimate of drug-likeness (QED) is 0.729. The van der Waals surface area contributed by atoms with E-state index in [9.17, 15) is 4.79 Å². The fraction of sp³-hybridized carbons (Fsp3) is 0.909. The van der Waals surface area contributed by atoms with Gasteiger partial charge in [-0.1, -0.05) is 0 Å². The van der Waals surface area contributed by atoms with Gasteiger partial charge in [0.15, 0.2) is 0 Å². The van der Waals surface area contributed by atoms with Crippen molar-refractivity contribution in [3.8, 4) is 0 Å². The van der Waals surface area contributed by atoms with E-state index in [2.05, 4.69) is 5.32 Å². The van der Waals surface area contributed by atoms with E-state index in [1.165, 1.54) is 0 Å². The number of methoxy groups -OCH3 is 1. The lowest BCUT2D eigenvalue weighted by atomic mass is 10.2. The molecule has 0 radical (unpaired) electrons. The molecule has 1 heterocycles. The lowest BCUT2D eigenvalue weighted by Crippen LogP contribution is -2.45. The molecule has 0 saturated carbocycles. The third-order valence-corrected chi connectivity index (χ3v) is 2.90. The van der Waals surface area contributed by atoms with Gasteiger partial charge in [0.2, 0.25) is 5.91 Å². The zero-order chi connectivity index (χ0) is 11.3. The molecule has 0 spiro atoms. The summed E-state index contributed by atoms with van der Waals surface area (Å²) in [6.45, 7) is 6.47. The number of carbonyl (C=O) groups excluding carboxylic acids is 1. The average Bonchev–Trinajstić information content (AvgIpc) is 2.77. The first kappa shape index (κ1) is 12.5. The molecule has 1 aliphatic rings. The van der Waals surface area contributed by atoms with Crippen molar-refractivity contribution in [1.29, 1.82) is 0 Å². The van der Waals surface area contributed by atoms with Crippen molar-refractivity contribution in [2.45, 2.75) is 38.8 Å². The van der Waals surface area contributed by atoms with E-state index in [1.54, 1.807) is 7.11 Å². The van der Waals surface area contributed by atoms with E-state index in [0.29, 0.717) is 0 Å². The van der Waals surface area contributed by atoms with E-state index < -0.39 is 0 Å². The molecule has 4 nitrogen and oxygen atoms in total. The number of hydrogen-bond acceptors (Lipinski definition) is 3. The summed E-state index contributed by atoms with van der Waals surface area (Å²) in [5.74, 6) is 0.218. The van der Waals surface area contributed by atoms with Gasteiger partial charge in [0.25, 0.3) is 0 Å². The minimum atomic E-state index is -0.0966. The Morgan fingerprint density at radius 1 is 1.40 bits per heavy atom. The van der Waals surface area contributed by atoms with Crippen LogP contribution in [0.15, 0.2) is 0 Å². The SMILES string of the molecule is COC(C)CNC(C)C(=O)N1CCCC1. The molecule has 0 aromatic heterocycles. The van der Waals surface area contributed by atoms with Crippen molar-refractivity contribution in [3.05, 3.63) is 0 Å². The van der Waals surface area contributed by atoms with Crippen LogP contribution < -0.4 is 5.32 Å². The van der Waals surface area contributed by atoms with Crippen molar-refractivity contribution in [1.82, 2.24) is 10.2 Å². The molecule has 0 aromatic carbocycles. The van der Waals surface area contributed by atoms with Crippen LogP contribution in [0.5, 0.6) is 0 Å². The van der Waals surface area contributed by atoms with E-state index >= 15 is 0 Å². The first-order chi connectivity index (χ1) is 7.15. The Kier molecular flexibility index (Phi) is 5.05. The van der Waals surface area contributed by atoms with Crippen LogP contribution in [-0.4, -0.2) is 49.7 Å². The van der Waals surface area contributed by atoms with Crippen LogP contribution >= 0.6 is 0 Å². The summed E-state index contributed by atoms with van der Waals surface area (Å²) in [6, 6.07) is -0.0966. The van der Waals surface area contributed by atoms with E-state index in [4.69, 9.17) is 4.74 Å². The van der Waals surface area contributed by atoms with Gasteiger partial charge in [-0.3, -0.25) is 4.79 Å². The molecule has 0 bridgehead atoms. The van der Waals surface area contributed by atoms with Crippen LogP contribution in [0.4, 0.5) is 0 Å². The topological polar surface area (TPSA) is 41.6 Å². The van der Waals surface area contributed by atoms with Crippen molar-refractivity contribution in [2.24, 2.45) is 0 Å². The second kappa shape index (κ2) is 6.08. The zero-order valence-electron chi connectivity index (χ0n) is 9.95. The summed E-state index contributed by atoms with van der Waals surface area (Å²) in [6.07, 6.45) is 2.44. The molecule has 88 valence electrons. The van der Waals surface area contributed by atoms with Crippen molar-refractivity contribution < 1.29 is 9.53 Å². The standard InChI is InChI=1S/C11H22N2O2/c1-9(15-3)8-12-10(2)11(14)13-6-4-5-7-13/h9-10,12H,4-8H2,1-3H3. The summed E-state index contributed by atoms with van der Waals surface area (Å²) in [5, 5.41) is 3.19. The monoisotopic (exact) mass is 214 g/mol. The normalized spacial score (nSPS) is 20.3. The molecule has 1 N–H and O–H groups in total. The third-order valence-electron chi connectivity index (χ3n) is 2.90. The highest BCUT2D eigenvalue weighted by molar-refractivity contribution is 5.81. The molecular weight excluding hydrogens is 192 g/mol. The van der Waals surface area contributed by atoms with Crippen molar-refractivity contribution in [3.63, 3.8) is 0 Å². The van der Waals surface area contributed by atoms with Gasteiger partial charge >= 0.3 is 0 Å². The molecule has 1 saturated heterocycles. The van der Waals surface area contributed by atoms with Crippen molar-refractivity contribution >= 4 is 5.91 Å². The maximum absolute atomic E-state index is 11.9. The Morgan fingerprint density at radius 3 is 2.53 bits per heavy atom. The third kappa shape index (κ3) is 3.80. The van der Waals surface area contributed by atoms with Gasteiger partial charge in [-0.15, -0.1) is 0 Å². The van der Waals surface area contributed by atoms with E-state index in [-0.39, 0.29) is 18.1 Å². The second-order valence-electron chi connectivity index (χ2n) is 4.21. The van der Waals surface area contributed by atoms with Crippen LogP contribution in [0, 0.1) is 0 Å². The number of rotatable bonds is 5. The fourth-order valence-electron chi connectivity index (χ4n) is 1.72. The number of hydrogen-bond donors (Lipinski definition) is 1. The highest BCUT2D eigenvalue weighted by atomic mass is 16.5. The summed E-state index contributed by atoms with van der Waals surface area (Å²) >= 11 is 0. The van der Waals surface area contributed by atoms with Crippen LogP contribution in [-0.2, 0) is 9.53 Å². The maximum atomic E-state index is 11.9. The van der Waals surface area contributed by atoms with Gasteiger partial charge in [0, 0.05) is 26.7 Å². The number of nitrogens with one attached hydrogen (secondary N) is 1. The van der Waals surface area contributed by atoms with Crippen LogP contribution in [0.2, 0.25) is 0 Å². The molecular formula is C11H22N2O2. The molecule has 1 rings (SSSR count). The summed E-state index contributed by atoms with van der Waals surface area (Å²) in [7, 11) is 1.68. The molecule has 15 heavy (non-hydrogen) atoms. The van der Waals surface area contributed by atoms with E-state index in [0.717, 1.165) is 32.5 Å². The minimum absolute atomic E-state index is 0.0966. The minimum Gasteiger partial charge on any atom is -0.380 e. The zero-order valence-corrected chi connectivity index (χ0v) is 9.95. The Bertz CT molecular complexity index is 203. The summed E-state index contributed by atoms with van der Waals surface area (Å²) in [5.41, 5.74) is 0. The Morgan fingerprint density at radius 2 is 2.00 bits per heavy atom. The van der Waals surface area contributed by atoms with Gasteiger partial charge in [0.05, 0.1) is 12.1 Å².